The first-order chi connectivity index (χ1) is 12.8. The molecular formula is C20H23N5O. The van der Waals surface area contributed by atoms with Gasteiger partial charge in [0.15, 0.2) is 5.82 Å². The van der Waals surface area contributed by atoms with Gasteiger partial charge in [-0.3, -0.25) is 0 Å². The van der Waals surface area contributed by atoms with Crippen molar-refractivity contribution in [3.05, 3.63) is 66.4 Å². The number of anilines is 3. The summed E-state index contributed by atoms with van der Waals surface area (Å²) in [4.78, 5) is 6.63. The summed E-state index contributed by atoms with van der Waals surface area (Å²) >= 11 is 0. The molecule has 0 unspecified atom stereocenters. The maximum atomic E-state index is 5.26. The molecule has 0 atom stereocenters. The predicted molar refractivity (Wildman–Crippen MR) is 104 cm³/mol. The van der Waals surface area contributed by atoms with Gasteiger partial charge in [-0.25, -0.2) is 0 Å². The van der Waals surface area contributed by atoms with Crippen molar-refractivity contribution in [2.45, 2.75) is 13.3 Å². The van der Waals surface area contributed by atoms with Crippen LogP contribution in [0.15, 0.2) is 60.8 Å². The maximum absolute atomic E-state index is 5.26. The summed E-state index contributed by atoms with van der Waals surface area (Å²) in [6, 6.07) is 18.1. The van der Waals surface area contributed by atoms with E-state index in [2.05, 4.69) is 33.5 Å². The van der Waals surface area contributed by atoms with Gasteiger partial charge in [-0.15, -0.1) is 5.10 Å². The molecule has 0 aliphatic carbocycles. The van der Waals surface area contributed by atoms with Gasteiger partial charge < -0.3 is 15.0 Å². The fraction of sp³-hybridized carbons (Fsp3) is 0.250. The molecule has 0 bridgehead atoms. The minimum atomic E-state index is 0.588. The first-order valence-electron chi connectivity index (χ1n) is 8.69. The summed E-state index contributed by atoms with van der Waals surface area (Å²) < 4.78 is 5.26. The van der Waals surface area contributed by atoms with Gasteiger partial charge in [0.05, 0.1) is 13.3 Å². The molecule has 0 aliphatic heterocycles. The summed E-state index contributed by atoms with van der Waals surface area (Å²) in [5.74, 6) is 2.17. The molecule has 3 rings (SSSR count). The van der Waals surface area contributed by atoms with Crippen LogP contribution in [0.4, 0.5) is 17.5 Å². The standard InChI is InChI=1S/C20H23N5O/c1-3-25(17-9-5-4-6-10-17)20-23-19(15-22-24-20)21-13-12-16-8-7-11-18(14-16)26-2/h4-11,14-15H,3,12-13H2,1-2H3,(H,21,23,24). The summed E-state index contributed by atoms with van der Waals surface area (Å²) in [6.07, 6.45) is 2.51. The second-order valence-electron chi connectivity index (χ2n) is 5.75. The quantitative estimate of drug-likeness (QED) is 0.669. The topological polar surface area (TPSA) is 63.2 Å². The molecule has 0 amide bonds. The van der Waals surface area contributed by atoms with E-state index in [1.165, 1.54) is 5.56 Å². The van der Waals surface area contributed by atoms with Crippen molar-refractivity contribution in [2.24, 2.45) is 0 Å². The Labute approximate surface area is 153 Å². The SMILES string of the molecule is CCN(c1ccccc1)c1nncc(NCCc2cccc(OC)c2)n1. The first-order valence-corrected chi connectivity index (χ1v) is 8.69. The number of hydrogen-bond donors (Lipinski definition) is 1. The number of hydrogen-bond acceptors (Lipinski definition) is 6. The summed E-state index contributed by atoms with van der Waals surface area (Å²) in [7, 11) is 1.68. The molecule has 0 fully saturated rings. The number of aromatic nitrogens is 3. The molecule has 0 radical (unpaired) electrons. The third kappa shape index (κ3) is 4.47. The van der Waals surface area contributed by atoms with Crippen molar-refractivity contribution in [1.82, 2.24) is 15.2 Å². The summed E-state index contributed by atoms with van der Waals surface area (Å²) in [5, 5.41) is 11.6. The van der Waals surface area contributed by atoms with Gasteiger partial charge in [0.2, 0.25) is 0 Å². The molecule has 2 aromatic carbocycles. The minimum absolute atomic E-state index is 0.588. The third-order valence-electron chi connectivity index (χ3n) is 4.03. The van der Waals surface area contributed by atoms with Gasteiger partial charge in [-0.1, -0.05) is 30.3 Å². The van der Waals surface area contributed by atoms with Gasteiger partial charge >= 0.3 is 0 Å². The van der Waals surface area contributed by atoms with Crippen LogP contribution in [0.25, 0.3) is 0 Å². The van der Waals surface area contributed by atoms with Crippen LogP contribution in [0.1, 0.15) is 12.5 Å². The van der Waals surface area contributed by atoms with Crippen molar-refractivity contribution in [3.8, 4) is 5.75 Å². The molecule has 6 nitrogen and oxygen atoms in total. The lowest BCUT2D eigenvalue weighted by molar-refractivity contribution is 0.414. The lowest BCUT2D eigenvalue weighted by Crippen LogP contribution is -2.20. The van der Waals surface area contributed by atoms with Gasteiger partial charge in [-0.2, -0.15) is 10.1 Å². The molecule has 1 aromatic heterocycles. The summed E-state index contributed by atoms with van der Waals surface area (Å²) in [6.45, 7) is 3.58. The average Bonchev–Trinajstić information content (AvgIpc) is 2.70. The molecular weight excluding hydrogens is 326 g/mol. The Morgan fingerprint density at radius 3 is 2.69 bits per heavy atom. The van der Waals surface area contributed by atoms with E-state index >= 15 is 0 Å². The normalized spacial score (nSPS) is 10.4. The number of methoxy groups -OCH3 is 1. The van der Waals surface area contributed by atoms with Crippen LogP contribution in [0.3, 0.4) is 0 Å². The van der Waals surface area contributed by atoms with E-state index in [0.717, 1.165) is 30.9 Å². The largest absolute Gasteiger partial charge is 0.497 e. The zero-order valence-electron chi connectivity index (χ0n) is 15.1. The van der Waals surface area contributed by atoms with Crippen LogP contribution in [0, 0.1) is 0 Å². The molecule has 0 saturated carbocycles. The number of benzene rings is 2. The zero-order chi connectivity index (χ0) is 18.2. The van der Waals surface area contributed by atoms with Crippen LogP contribution in [-0.2, 0) is 6.42 Å². The molecule has 0 aliphatic rings. The van der Waals surface area contributed by atoms with Gasteiger partial charge in [0.25, 0.3) is 5.95 Å². The van der Waals surface area contributed by atoms with Crippen LogP contribution < -0.4 is 15.0 Å². The van der Waals surface area contributed by atoms with Gasteiger partial charge in [-0.05, 0) is 43.2 Å². The van der Waals surface area contributed by atoms with E-state index in [9.17, 15) is 0 Å². The molecule has 0 saturated heterocycles. The van der Waals surface area contributed by atoms with Crippen LogP contribution in [-0.4, -0.2) is 35.4 Å². The van der Waals surface area contributed by atoms with Crippen molar-refractivity contribution < 1.29 is 4.74 Å². The highest BCUT2D eigenvalue weighted by molar-refractivity contribution is 5.57. The molecule has 6 heteroatoms. The highest BCUT2D eigenvalue weighted by Gasteiger charge is 2.11. The predicted octanol–water partition coefficient (Wildman–Crippen LogP) is 3.69. The molecule has 0 spiro atoms. The number of rotatable bonds is 8. The molecule has 3 aromatic rings. The Bertz CT molecular complexity index is 825. The second-order valence-corrected chi connectivity index (χ2v) is 5.75. The van der Waals surface area contributed by atoms with E-state index in [1.54, 1.807) is 13.3 Å². The van der Waals surface area contributed by atoms with Gasteiger partial charge in [0, 0.05) is 18.8 Å². The van der Waals surface area contributed by atoms with E-state index in [1.807, 2.05) is 53.4 Å². The van der Waals surface area contributed by atoms with E-state index in [4.69, 9.17) is 4.74 Å². The Morgan fingerprint density at radius 2 is 1.92 bits per heavy atom. The Morgan fingerprint density at radius 1 is 1.08 bits per heavy atom. The lowest BCUT2D eigenvalue weighted by atomic mass is 10.1. The fourth-order valence-corrected chi connectivity index (χ4v) is 2.70. The lowest BCUT2D eigenvalue weighted by Gasteiger charge is -2.20. The number of para-hydroxylation sites is 1. The van der Waals surface area contributed by atoms with Crippen LogP contribution in [0.5, 0.6) is 5.75 Å². The molecule has 1 N–H and O–H groups in total. The smallest absolute Gasteiger partial charge is 0.251 e. The fourth-order valence-electron chi connectivity index (χ4n) is 2.70. The maximum Gasteiger partial charge on any atom is 0.251 e. The molecule has 1 heterocycles. The third-order valence-corrected chi connectivity index (χ3v) is 4.03. The van der Waals surface area contributed by atoms with E-state index < -0.39 is 0 Å². The number of nitrogens with zero attached hydrogens (tertiary/aromatic N) is 4. The van der Waals surface area contributed by atoms with Crippen molar-refractivity contribution in [2.75, 3.05) is 30.4 Å². The summed E-state index contributed by atoms with van der Waals surface area (Å²) in [5.41, 5.74) is 2.25. The number of nitrogens with one attached hydrogen (secondary N) is 1. The zero-order valence-corrected chi connectivity index (χ0v) is 15.1. The monoisotopic (exact) mass is 349 g/mol. The highest BCUT2D eigenvalue weighted by Crippen LogP contribution is 2.21. The Hall–Kier alpha value is -3.15. The van der Waals surface area contributed by atoms with E-state index in [-0.39, 0.29) is 0 Å². The van der Waals surface area contributed by atoms with Crippen molar-refractivity contribution in [3.63, 3.8) is 0 Å². The van der Waals surface area contributed by atoms with Crippen LogP contribution >= 0.6 is 0 Å². The average molecular weight is 349 g/mol. The first kappa shape index (κ1) is 17.7. The van der Waals surface area contributed by atoms with Gasteiger partial charge in [0.1, 0.15) is 5.75 Å². The number of ether oxygens (including phenoxy) is 1. The highest BCUT2D eigenvalue weighted by atomic mass is 16.5. The Balaban J connectivity index is 1.65. The van der Waals surface area contributed by atoms with Crippen molar-refractivity contribution >= 4 is 17.5 Å². The molecule has 26 heavy (non-hydrogen) atoms. The van der Waals surface area contributed by atoms with E-state index in [0.29, 0.717) is 11.8 Å². The second kappa shape index (κ2) is 8.80. The Kier molecular flexibility index (Phi) is 5.98. The van der Waals surface area contributed by atoms with Crippen LogP contribution in [0.2, 0.25) is 0 Å². The minimum Gasteiger partial charge on any atom is -0.497 e. The van der Waals surface area contributed by atoms with Crippen molar-refractivity contribution in [1.29, 1.82) is 0 Å². The molecule has 134 valence electrons.